The summed E-state index contributed by atoms with van der Waals surface area (Å²) in [6.07, 6.45) is 0. The van der Waals surface area contributed by atoms with Crippen LogP contribution in [0.15, 0.2) is 36.4 Å². The quantitative estimate of drug-likeness (QED) is 0.871. The lowest BCUT2D eigenvalue weighted by Crippen LogP contribution is -2.09. The van der Waals surface area contributed by atoms with Crippen molar-refractivity contribution in [1.82, 2.24) is 0 Å². The molecule has 0 amide bonds. The number of halogens is 2. The first-order valence-electron chi connectivity index (χ1n) is 5.99. The molecule has 0 saturated carbocycles. The Hall–Kier alpha value is -2.10. The molecule has 0 saturated heterocycles. The van der Waals surface area contributed by atoms with Crippen molar-refractivity contribution in [3.63, 3.8) is 0 Å². The predicted octanol–water partition coefficient (Wildman–Crippen LogP) is 4.15. The van der Waals surface area contributed by atoms with E-state index in [-0.39, 0.29) is 17.5 Å². The lowest BCUT2D eigenvalue weighted by Gasteiger charge is -2.17. The Bertz CT molecular complexity index is 599. The van der Waals surface area contributed by atoms with Gasteiger partial charge in [-0.3, -0.25) is 0 Å². The maximum absolute atomic E-state index is 13.5. The van der Waals surface area contributed by atoms with E-state index >= 15 is 0 Å². The number of phenols is 1. The van der Waals surface area contributed by atoms with Crippen molar-refractivity contribution >= 4 is 5.69 Å². The van der Waals surface area contributed by atoms with Crippen LogP contribution in [0, 0.1) is 18.6 Å². The van der Waals surface area contributed by atoms with Gasteiger partial charge in [0.25, 0.3) is 0 Å². The Morgan fingerprint density at radius 1 is 1.16 bits per heavy atom. The number of benzene rings is 2. The second kappa shape index (κ2) is 5.26. The molecule has 2 N–H and O–H groups in total. The van der Waals surface area contributed by atoms with Gasteiger partial charge in [0, 0.05) is 5.56 Å². The highest BCUT2D eigenvalue weighted by atomic mass is 19.2. The van der Waals surface area contributed by atoms with Crippen molar-refractivity contribution in [3.05, 3.63) is 59.2 Å². The van der Waals surface area contributed by atoms with Crippen LogP contribution < -0.4 is 5.32 Å². The molecule has 2 aromatic carbocycles. The van der Waals surface area contributed by atoms with Crippen molar-refractivity contribution in [1.29, 1.82) is 0 Å². The van der Waals surface area contributed by atoms with Gasteiger partial charge in [-0.1, -0.05) is 18.2 Å². The van der Waals surface area contributed by atoms with E-state index in [4.69, 9.17) is 0 Å². The van der Waals surface area contributed by atoms with E-state index in [1.165, 1.54) is 12.1 Å². The van der Waals surface area contributed by atoms with Gasteiger partial charge in [-0.25, -0.2) is 8.78 Å². The summed E-state index contributed by atoms with van der Waals surface area (Å²) < 4.78 is 26.6. The van der Waals surface area contributed by atoms with Gasteiger partial charge in [-0.15, -0.1) is 0 Å². The van der Waals surface area contributed by atoms with Gasteiger partial charge in [-0.2, -0.15) is 0 Å². The summed E-state index contributed by atoms with van der Waals surface area (Å²) in [5.74, 6) is -1.68. The van der Waals surface area contributed by atoms with E-state index in [0.717, 1.165) is 11.6 Å². The van der Waals surface area contributed by atoms with E-state index in [2.05, 4.69) is 5.32 Å². The van der Waals surface area contributed by atoms with Gasteiger partial charge in [0.15, 0.2) is 11.6 Å². The molecule has 0 spiro atoms. The van der Waals surface area contributed by atoms with Crippen LogP contribution in [0.2, 0.25) is 0 Å². The Balaban J connectivity index is 2.25. The molecule has 0 aromatic heterocycles. The number of hydrogen-bond acceptors (Lipinski definition) is 2. The van der Waals surface area contributed by atoms with Crippen LogP contribution in [0.25, 0.3) is 0 Å². The van der Waals surface area contributed by atoms with E-state index in [1.54, 1.807) is 19.1 Å². The van der Waals surface area contributed by atoms with Crippen LogP contribution in [-0.4, -0.2) is 5.11 Å². The minimum atomic E-state index is -0.916. The summed E-state index contributed by atoms with van der Waals surface area (Å²) in [5, 5.41) is 12.7. The molecular formula is C15H15F2NO. The first-order valence-corrected chi connectivity index (χ1v) is 5.99. The number of nitrogens with one attached hydrogen (secondary N) is 1. The molecule has 0 heterocycles. The highest BCUT2D eigenvalue weighted by Crippen LogP contribution is 2.29. The highest BCUT2D eigenvalue weighted by Gasteiger charge is 2.14. The SMILES string of the molecule is Cc1ccc(C(C)Nc2cccc(F)c2F)c(O)c1. The minimum Gasteiger partial charge on any atom is -0.508 e. The van der Waals surface area contributed by atoms with Crippen molar-refractivity contribution in [2.75, 3.05) is 5.32 Å². The Labute approximate surface area is 110 Å². The van der Waals surface area contributed by atoms with Gasteiger partial charge in [-0.05, 0) is 37.6 Å². The third kappa shape index (κ3) is 2.84. The average Bonchev–Trinajstić information content (AvgIpc) is 2.34. The normalized spacial score (nSPS) is 12.2. The molecule has 0 bridgehead atoms. The van der Waals surface area contributed by atoms with Crippen LogP contribution in [0.3, 0.4) is 0 Å². The molecule has 0 aliphatic rings. The largest absolute Gasteiger partial charge is 0.508 e. The van der Waals surface area contributed by atoms with Gasteiger partial charge in [0.2, 0.25) is 0 Å². The van der Waals surface area contributed by atoms with Crippen LogP contribution in [0.4, 0.5) is 14.5 Å². The van der Waals surface area contributed by atoms with Crippen LogP contribution in [0.5, 0.6) is 5.75 Å². The fourth-order valence-electron chi connectivity index (χ4n) is 1.95. The molecule has 0 fully saturated rings. The Morgan fingerprint density at radius 3 is 2.58 bits per heavy atom. The van der Waals surface area contributed by atoms with Crippen LogP contribution in [-0.2, 0) is 0 Å². The summed E-state index contributed by atoms with van der Waals surface area (Å²) in [6.45, 7) is 3.64. The molecule has 2 rings (SSSR count). The predicted molar refractivity (Wildman–Crippen MR) is 71.2 cm³/mol. The van der Waals surface area contributed by atoms with Crippen molar-refractivity contribution in [2.24, 2.45) is 0 Å². The van der Waals surface area contributed by atoms with Gasteiger partial charge in [0.1, 0.15) is 5.75 Å². The highest BCUT2D eigenvalue weighted by molar-refractivity contribution is 5.49. The fourth-order valence-corrected chi connectivity index (χ4v) is 1.95. The summed E-state index contributed by atoms with van der Waals surface area (Å²) in [7, 11) is 0. The zero-order chi connectivity index (χ0) is 14.0. The van der Waals surface area contributed by atoms with Crippen LogP contribution >= 0.6 is 0 Å². The van der Waals surface area contributed by atoms with Gasteiger partial charge in [0.05, 0.1) is 11.7 Å². The molecule has 0 aliphatic heterocycles. The summed E-state index contributed by atoms with van der Waals surface area (Å²) in [5.41, 5.74) is 1.65. The summed E-state index contributed by atoms with van der Waals surface area (Å²) in [6, 6.07) is 8.87. The van der Waals surface area contributed by atoms with Crippen LogP contribution in [0.1, 0.15) is 24.1 Å². The monoisotopic (exact) mass is 263 g/mol. The molecule has 2 nitrogen and oxygen atoms in total. The first kappa shape index (κ1) is 13.3. The smallest absolute Gasteiger partial charge is 0.181 e. The number of rotatable bonds is 3. The number of anilines is 1. The lowest BCUT2D eigenvalue weighted by atomic mass is 10.0. The molecule has 1 atom stereocenters. The zero-order valence-corrected chi connectivity index (χ0v) is 10.7. The number of hydrogen-bond donors (Lipinski definition) is 2. The molecule has 100 valence electrons. The number of aromatic hydroxyl groups is 1. The average molecular weight is 263 g/mol. The zero-order valence-electron chi connectivity index (χ0n) is 10.7. The van der Waals surface area contributed by atoms with Crippen molar-refractivity contribution < 1.29 is 13.9 Å². The molecule has 1 unspecified atom stereocenters. The standard InChI is InChI=1S/C15H15F2NO/c1-9-6-7-11(14(19)8-9)10(2)18-13-5-3-4-12(16)15(13)17/h3-8,10,18-19H,1-2H3. The molecule has 0 radical (unpaired) electrons. The number of aryl methyl sites for hydroxylation is 1. The number of phenolic OH excluding ortho intramolecular Hbond substituents is 1. The molecule has 19 heavy (non-hydrogen) atoms. The van der Waals surface area contributed by atoms with Gasteiger partial charge < -0.3 is 10.4 Å². The maximum Gasteiger partial charge on any atom is 0.181 e. The maximum atomic E-state index is 13.5. The molecule has 0 aliphatic carbocycles. The van der Waals surface area contributed by atoms with E-state index in [0.29, 0.717) is 5.56 Å². The fraction of sp³-hybridized carbons (Fsp3) is 0.200. The van der Waals surface area contributed by atoms with Gasteiger partial charge >= 0.3 is 0 Å². The summed E-state index contributed by atoms with van der Waals surface area (Å²) >= 11 is 0. The molecular weight excluding hydrogens is 248 g/mol. The van der Waals surface area contributed by atoms with E-state index < -0.39 is 11.6 Å². The third-order valence-corrected chi connectivity index (χ3v) is 2.98. The lowest BCUT2D eigenvalue weighted by molar-refractivity contribution is 0.464. The van der Waals surface area contributed by atoms with E-state index in [9.17, 15) is 13.9 Å². The van der Waals surface area contributed by atoms with Crippen molar-refractivity contribution in [3.8, 4) is 5.75 Å². The minimum absolute atomic E-state index is 0.0764. The Morgan fingerprint density at radius 2 is 1.89 bits per heavy atom. The third-order valence-electron chi connectivity index (χ3n) is 2.98. The van der Waals surface area contributed by atoms with Crippen molar-refractivity contribution in [2.45, 2.75) is 19.9 Å². The first-order chi connectivity index (χ1) is 8.99. The summed E-state index contributed by atoms with van der Waals surface area (Å²) in [4.78, 5) is 0. The second-order valence-electron chi connectivity index (χ2n) is 4.53. The topological polar surface area (TPSA) is 32.3 Å². The molecule has 2 aromatic rings. The molecule has 4 heteroatoms. The van der Waals surface area contributed by atoms with E-state index in [1.807, 2.05) is 13.0 Å². The Kier molecular flexibility index (Phi) is 3.69. The second-order valence-corrected chi connectivity index (χ2v) is 4.53.